The van der Waals surface area contributed by atoms with Crippen molar-refractivity contribution in [2.24, 2.45) is 0 Å². The molecule has 1 heterocycles. The van der Waals surface area contributed by atoms with Gasteiger partial charge in [0.15, 0.2) is 0 Å². The van der Waals surface area contributed by atoms with E-state index in [1.165, 1.54) is 11.1 Å². The van der Waals surface area contributed by atoms with Crippen LogP contribution in [0.1, 0.15) is 11.1 Å². The fourth-order valence-electron chi connectivity index (χ4n) is 2.15. The number of hydrogen-bond acceptors (Lipinski definition) is 3. The molecule has 0 radical (unpaired) electrons. The van der Waals surface area contributed by atoms with Gasteiger partial charge in [0.05, 0.1) is 0 Å². The predicted octanol–water partition coefficient (Wildman–Crippen LogP) is 5.46. The molecule has 0 aliphatic heterocycles. The number of nitrogens with zero attached hydrogens (tertiary/aromatic N) is 1. The molecule has 21 heavy (non-hydrogen) atoms. The molecule has 0 saturated carbocycles. The van der Waals surface area contributed by atoms with Gasteiger partial charge in [-0.2, -0.15) is 4.98 Å². The molecule has 0 atom stereocenters. The second-order valence-electron chi connectivity index (χ2n) is 4.99. The third-order valence-electron chi connectivity index (χ3n) is 3.27. The minimum absolute atomic E-state index is 0.500. The molecule has 0 spiro atoms. The predicted molar refractivity (Wildman–Crippen MR) is 88.8 cm³/mol. The number of halogens is 1. The zero-order valence-electron chi connectivity index (χ0n) is 11.9. The lowest BCUT2D eigenvalue weighted by Crippen LogP contribution is -1.93. The van der Waals surface area contributed by atoms with Crippen molar-refractivity contribution < 1.29 is 4.42 Å². The molecule has 0 bridgehead atoms. The van der Waals surface area contributed by atoms with Crippen molar-refractivity contribution in [2.45, 2.75) is 13.8 Å². The largest absolute Gasteiger partial charge is 0.431 e. The number of anilines is 2. The van der Waals surface area contributed by atoms with Crippen LogP contribution < -0.4 is 5.32 Å². The van der Waals surface area contributed by atoms with Crippen molar-refractivity contribution in [3.63, 3.8) is 0 Å². The fraction of sp³-hybridized carbons (Fsp3) is 0.118. The van der Waals surface area contributed by atoms with Crippen molar-refractivity contribution >= 4 is 27.6 Å². The zero-order chi connectivity index (χ0) is 14.8. The van der Waals surface area contributed by atoms with Crippen molar-refractivity contribution in [1.29, 1.82) is 0 Å². The van der Waals surface area contributed by atoms with Crippen LogP contribution in [-0.2, 0) is 0 Å². The third-order valence-corrected chi connectivity index (χ3v) is 3.80. The number of benzene rings is 2. The first-order valence-corrected chi connectivity index (χ1v) is 7.47. The van der Waals surface area contributed by atoms with E-state index in [9.17, 15) is 0 Å². The van der Waals surface area contributed by atoms with Gasteiger partial charge in [0.1, 0.15) is 12.0 Å². The van der Waals surface area contributed by atoms with Gasteiger partial charge < -0.3 is 9.73 Å². The molecule has 0 fully saturated rings. The van der Waals surface area contributed by atoms with Crippen molar-refractivity contribution in [2.75, 3.05) is 5.32 Å². The molecular formula is C17H15BrN2O. The van der Waals surface area contributed by atoms with Crippen LogP contribution in [0.5, 0.6) is 0 Å². The Hall–Kier alpha value is -2.07. The first-order valence-electron chi connectivity index (χ1n) is 6.67. The lowest BCUT2D eigenvalue weighted by molar-refractivity contribution is 0.578. The minimum atomic E-state index is 0.500. The molecule has 3 nitrogen and oxygen atoms in total. The summed E-state index contributed by atoms with van der Waals surface area (Å²) < 4.78 is 6.55. The first-order chi connectivity index (χ1) is 10.1. The summed E-state index contributed by atoms with van der Waals surface area (Å²) in [6, 6.07) is 14.7. The average Bonchev–Trinajstić information content (AvgIpc) is 2.91. The second kappa shape index (κ2) is 5.74. The second-order valence-corrected chi connectivity index (χ2v) is 5.90. The van der Waals surface area contributed by atoms with Crippen LogP contribution in [0.15, 0.2) is 57.6 Å². The van der Waals surface area contributed by atoms with Crippen molar-refractivity contribution in [1.82, 2.24) is 4.98 Å². The summed E-state index contributed by atoms with van der Waals surface area (Å²) in [7, 11) is 0. The number of nitrogens with one attached hydrogen (secondary N) is 1. The van der Waals surface area contributed by atoms with Crippen molar-refractivity contribution in [3.8, 4) is 11.3 Å². The van der Waals surface area contributed by atoms with Gasteiger partial charge in [-0.1, -0.05) is 45.8 Å². The van der Waals surface area contributed by atoms with Crippen LogP contribution in [0.3, 0.4) is 0 Å². The molecule has 0 aliphatic rings. The van der Waals surface area contributed by atoms with E-state index < -0.39 is 0 Å². The number of hydrogen-bond donors (Lipinski definition) is 1. The highest BCUT2D eigenvalue weighted by Gasteiger charge is 2.07. The lowest BCUT2D eigenvalue weighted by Gasteiger charge is -2.06. The standard InChI is InChI=1S/C17H15BrN2O/c1-11-3-8-15(12(2)9-11)19-17-20-16(10-21-17)13-4-6-14(18)7-5-13/h3-10H,1-2H3,(H,19,20). The lowest BCUT2D eigenvalue weighted by atomic mass is 10.1. The highest BCUT2D eigenvalue weighted by molar-refractivity contribution is 9.10. The van der Waals surface area contributed by atoms with E-state index in [-0.39, 0.29) is 0 Å². The summed E-state index contributed by atoms with van der Waals surface area (Å²) in [5, 5.41) is 3.21. The molecule has 4 heteroatoms. The van der Waals surface area contributed by atoms with E-state index in [1.54, 1.807) is 6.26 Å². The van der Waals surface area contributed by atoms with E-state index in [2.05, 4.69) is 52.2 Å². The molecule has 0 aliphatic carbocycles. The first kappa shape index (κ1) is 13.9. The summed E-state index contributed by atoms with van der Waals surface area (Å²) in [4.78, 5) is 4.48. The Morgan fingerprint density at radius 3 is 2.52 bits per heavy atom. The highest BCUT2D eigenvalue weighted by atomic mass is 79.9. The monoisotopic (exact) mass is 342 g/mol. The molecule has 1 aromatic heterocycles. The quantitative estimate of drug-likeness (QED) is 0.686. The van der Waals surface area contributed by atoms with Gasteiger partial charge in [-0.15, -0.1) is 0 Å². The molecule has 3 rings (SSSR count). The SMILES string of the molecule is Cc1ccc(Nc2nc(-c3ccc(Br)cc3)co2)c(C)c1. The summed E-state index contributed by atoms with van der Waals surface area (Å²) in [6.45, 7) is 4.14. The Labute approximate surface area is 132 Å². The summed E-state index contributed by atoms with van der Waals surface area (Å²) >= 11 is 3.43. The van der Waals surface area contributed by atoms with Crippen LogP contribution in [0.2, 0.25) is 0 Å². The van der Waals surface area contributed by atoms with Gasteiger partial charge in [0.2, 0.25) is 0 Å². The number of rotatable bonds is 3. The average molecular weight is 343 g/mol. The smallest absolute Gasteiger partial charge is 0.299 e. The Balaban J connectivity index is 1.83. The Morgan fingerprint density at radius 1 is 1.05 bits per heavy atom. The van der Waals surface area contributed by atoms with Gasteiger partial charge in [-0.3, -0.25) is 0 Å². The van der Waals surface area contributed by atoms with E-state index in [0.717, 1.165) is 21.4 Å². The van der Waals surface area contributed by atoms with Crippen LogP contribution >= 0.6 is 15.9 Å². The van der Waals surface area contributed by atoms with E-state index in [0.29, 0.717) is 6.01 Å². The summed E-state index contributed by atoms with van der Waals surface area (Å²) in [5.74, 6) is 0. The van der Waals surface area contributed by atoms with E-state index >= 15 is 0 Å². The molecular weight excluding hydrogens is 328 g/mol. The topological polar surface area (TPSA) is 38.1 Å². The van der Waals surface area contributed by atoms with Crippen molar-refractivity contribution in [3.05, 3.63) is 64.3 Å². The van der Waals surface area contributed by atoms with Gasteiger partial charge >= 0.3 is 0 Å². The third kappa shape index (κ3) is 3.16. The van der Waals surface area contributed by atoms with Crippen LogP contribution in [0, 0.1) is 13.8 Å². The number of aryl methyl sites for hydroxylation is 2. The van der Waals surface area contributed by atoms with Gasteiger partial charge in [-0.25, -0.2) is 0 Å². The summed E-state index contributed by atoms with van der Waals surface area (Å²) in [5.41, 5.74) is 5.24. The van der Waals surface area contributed by atoms with Gasteiger partial charge in [0, 0.05) is 15.7 Å². The maximum atomic E-state index is 5.50. The molecule has 0 amide bonds. The molecule has 1 N–H and O–H groups in total. The molecule has 3 aromatic rings. The molecule has 0 unspecified atom stereocenters. The highest BCUT2D eigenvalue weighted by Crippen LogP contribution is 2.25. The summed E-state index contributed by atoms with van der Waals surface area (Å²) in [6.07, 6.45) is 1.66. The number of oxazole rings is 1. The van der Waals surface area contributed by atoms with Gasteiger partial charge in [-0.05, 0) is 37.6 Å². The van der Waals surface area contributed by atoms with Crippen LogP contribution in [0.25, 0.3) is 11.3 Å². The normalized spacial score (nSPS) is 10.6. The molecule has 106 valence electrons. The van der Waals surface area contributed by atoms with Gasteiger partial charge in [0.25, 0.3) is 6.01 Å². The molecule has 0 saturated heterocycles. The Kier molecular flexibility index (Phi) is 3.80. The maximum absolute atomic E-state index is 5.50. The molecule has 2 aromatic carbocycles. The minimum Gasteiger partial charge on any atom is -0.431 e. The maximum Gasteiger partial charge on any atom is 0.299 e. The Morgan fingerprint density at radius 2 is 1.81 bits per heavy atom. The van der Waals surface area contributed by atoms with Crippen LogP contribution in [0.4, 0.5) is 11.7 Å². The Bertz CT molecular complexity index is 763. The fourth-order valence-corrected chi connectivity index (χ4v) is 2.42. The van der Waals surface area contributed by atoms with E-state index in [4.69, 9.17) is 4.42 Å². The number of aromatic nitrogens is 1. The van der Waals surface area contributed by atoms with E-state index in [1.807, 2.05) is 30.3 Å². The van der Waals surface area contributed by atoms with Crippen LogP contribution in [-0.4, -0.2) is 4.98 Å². The zero-order valence-corrected chi connectivity index (χ0v) is 13.4.